The maximum Gasteiger partial charge on any atom is 0.269 e. The number of hydrogen-bond acceptors (Lipinski definition) is 3. The number of halogens is 1. The molecule has 0 radical (unpaired) electrons. The first-order valence-electron chi connectivity index (χ1n) is 6.00. The Labute approximate surface area is 110 Å². The Balaban J connectivity index is 2.23. The third-order valence-corrected chi connectivity index (χ3v) is 3.04. The second-order valence-corrected chi connectivity index (χ2v) is 4.45. The van der Waals surface area contributed by atoms with E-state index in [0.29, 0.717) is 5.56 Å². The van der Waals surface area contributed by atoms with Gasteiger partial charge in [0.15, 0.2) is 0 Å². The molecule has 0 aliphatic carbocycles. The Kier molecular flexibility index (Phi) is 3.76. The van der Waals surface area contributed by atoms with Gasteiger partial charge in [0.2, 0.25) is 5.67 Å². The Hall–Kier alpha value is -2.01. The molecule has 1 aliphatic rings. The Morgan fingerprint density at radius 2 is 2.16 bits per heavy atom. The van der Waals surface area contributed by atoms with Crippen LogP contribution >= 0.6 is 0 Å². The second-order valence-electron chi connectivity index (χ2n) is 4.45. The van der Waals surface area contributed by atoms with E-state index in [1.165, 1.54) is 6.08 Å². The van der Waals surface area contributed by atoms with Crippen molar-refractivity contribution in [2.45, 2.75) is 12.1 Å². The van der Waals surface area contributed by atoms with E-state index in [1.807, 2.05) is 0 Å². The van der Waals surface area contributed by atoms with Crippen LogP contribution in [-0.2, 0) is 4.79 Å². The van der Waals surface area contributed by atoms with E-state index in [4.69, 9.17) is 0 Å². The zero-order chi connectivity index (χ0) is 13.9. The number of nitrogens with zero attached hydrogens (tertiary/aromatic N) is 1. The van der Waals surface area contributed by atoms with Crippen LogP contribution in [0.1, 0.15) is 16.8 Å². The molecule has 100 valence electrons. The molecule has 2 amide bonds. The monoisotopic (exact) mass is 262 g/mol. The topological polar surface area (TPSA) is 49.4 Å². The van der Waals surface area contributed by atoms with Crippen LogP contribution in [0.5, 0.6) is 0 Å². The van der Waals surface area contributed by atoms with E-state index >= 15 is 0 Å². The Morgan fingerprint density at radius 1 is 1.47 bits per heavy atom. The highest BCUT2D eigenvalue weighted by molar-refractivity contribution is 6.07. The van der Waals surface area contributed by atoms with Crippen molar-refractivity contribution in [3.05, 3.63) is 48.6 Å². The summed E-state index contributed by atoms with van der Waals surface area (Å²) in [6, 6.07) is 8.35. The van der Waals surface area contributed by atoms with E-state index < -0.39 is 17.5 Å². The van der Waals surface area contributed by atoms with Crippen LogP contribution in [0.4, 0.5) is 4.39 Å². The van der Waals surface area contributed by atoms with Crippen LogP contribution in [0, 0.1) is 0 Å². The summed E-state index contributed by atoms with van der Waals surface area (Å²) in [7, 11) is 0. The van der Waals surface area contributed by atoms with Gasteiger partial charge in [-0.2, -0.15) is 0 Å². The number of alkyl halides is 1. The number of amides is 2. The van der Waals surface area contributed by atoms with E-state index in [9.17, 15) is 14.0 Å². The summed E-state index contributed by atoms with van der Waals surface area (Å²) >= 11 is 0. The Morgan fingerprint density at radius 3 is 2.79 bits per heavy atom. The number of carbonyl (C=O) groups is 2. The van der Waals surface area contributed by atoms with Crippen LogP contribution in [0.3, 0.4) is 0 Å². The number of nitrogens with one attached hydrogen (secondary N) is 1. The summed E-state index contributed by atoms with van der Waals surface area (Å²) < 4.78 is 14.4. The average molecular weight is 262 g/mol. The molecule has 0 saturated carbocycles. The number of benzene rings is 1. The molecule has 4 nitrogen and oxygen atoms in total. The number of allylic oxidation sites excluding steroid dienone is 1. The molecule has 1 heterocycles. The van der Waals surface area contributed by atoms with Crippen molar-refractivity contribution in [1.82, 2.24) is 10.2 Å². The lowest BCUT2D eigenvalue weighted by Gasteiger charge is -2.35. The molecule has 0 unspecified atom stereocenters. The van der Waals surface area contributed by atoms with Crippen molar-refractivity contribution < 1.29 is 14.0 Å². The molecule has 0 aromatic heterocycles. The van der Waals surface area contributed by atoms with Crippen LogP contribution in [0.25, 0.3) is 0 Å². The average Bonchev–Trinajstić information content (AvgIpc) is 2.43. The Bertz CT molecular complexity index is 503. The van der Waals surface area contributed by atoms with Crippen LogP contribution in [0.2, 0.25) is 0 Å². The number of carbonyl (C=O) groups excluding carboxylic acids is 2. The summed E-state index contributed by atoms with van der Waals surface area (Å²) in [4.78, 5) is 25.2. The second kappa shape index (κ2) is 5.32. The molecule has 1 atom stereocenters. The van der Waals surface area contributed by atoms with E-state index in [2.05, 4.69) is 11.9 Å². The van der Waals surface area contributed by atoms with Gasteiger partial charge < -0.3 is 0 Å². The van der Waals surface area contributed by atoms with Crippen LogP contribution in [-0.4, -0.2) is 35.6 Å². The highest BCUT2D eigenvalue weighted by Crippen LogP contribution is 2.23. The summed E-state index contributed by atoms with van der Waals surface area (Å²) in [6.45, 7) is 3.36. The zero-order valence-electron chi connectivity index (χ0n) is 10.4. The first-order valence-corrected chi connectivity index (χ1v) is 6.00. The minimum atomic E-state index is -2.09. The third-order valence-electron chi connectivity index (χ3n) is 3.04. The molecule has 5 heteroatoms. The third kappa shape index (κ3) is 2.56. The first kappa shape index (κ1) is 13.4. The molecule has 0 spiro atoms. The number of hydrogen-bond donors (Lipinski definition) is 1. The molecular formula is C14H15FN2O2. The van der Waals surface area contributed by atoms with Gasteiger partial charge in [-0.25, -0.2) is 4.39 Å². The highest BCUT2D eigenvalue weighted by Gasteiger charge is 2.45. The first-order chi connectivity index (χ1) is 9.08. The summed E-state index contributed by atoms with van der Waals surface area (Å²) in [6.07, 6.45) is 1.23. The highest BCUT2D eigenvalue weighted by atomic mass is 19.1. The van der Waals surface area contributed by atoms with Gasteiger partial charge in [-0.15, -0.1) is 6.58 Å². The molecule has 2 rings (SSSR count). The van der Waals surface area contributed by atoms with Gasteiger partial charge in [0, 0.05) is 18.5 Å². The van der Waals surface area contributed by atoms with Gasteiger partial charge in [0.05, 0.1) is 6.67 Å². The molecule has 1 aromatic carbocycles. The molecule has 1 fully saturated rings. The zero-order valence-corrected chi connectivity index (χ0v) is 10.4. The van der Waals surface area contributed by atoms with E-state index in [-0.39, 0.29) is 19.6 Å². The van der Waals surface area contributed by atoms with Gasteiger partial charge >= 0.3 is 0 Å². The standard InChI is InChI=1S/C14H15FN2O2/c1-2-8-14(15)9-16-10-17(13(14)19)12(18)11-6-4-3-5-7-11/h2-7,16H,1,8-10H2/t14-/m0/s1. The molecule has 0 bridgehead atoms. The van der Waals surface area contributed by atoms with Crippen molar-refractivity contribution in [2.24, 2.45) is 0 Å². The van der Waals surface area contributed by atoms with Crippen molar-refractivity contribution in [3.8, 4) is 0 Å². The molecule has 1 aromatic rings. The summed E-state index contributed by atoms with van der Waals surface area (Å²) in [5.74, 6) is -1.30. The van der Waals surface area contributed by atoms with Crippen molar-refractivity contribution in [1.29, 1.82) is 0 Å². The quantitative estimate of drug-likeness (QED) is 0.663. The maximum absolute atomic E-state index is 14.4. The lowest BCUT2D eigenvalue weighted by molar-refractivity contribution is -0.144. The van der Waals surface area contributed by atoms with Crippen LogP contribution in [0.15, 0.2) is 43.0 Å². The number of imide groups is 1. The lowest BCUT2D eigenvalue weighted by Crippen LogP contribution is -2.61. The van der Waals surface area contributed by atoms with E-state index in [0.717, 1.165) is 4.90 Å². The molecule has 1 aliphatic heterocycles. The SMILES string of the molecule is C=CC[C@]1(F)CNCN(C(=O)c2ccccc2)C1=O. The minimum Gasteiger partial charge on any atom is -0.296 e. The molecule has 19 heavy (non-hydrogen) atoms. The van der Waals surface area contributed by atoms with Gasteiger partial charge in [-0.3, -0.25) is 19.8 Å². The fraction of sp³-hybridized carbons (Fsp3) is 0.286. The fourth-order valence-corrected chi connectivity index (χ4v) is 2.04. The normalized spacial score (nSPS) is 23.2. The van der Waals surface area contributed by atoms with Gasteiger partial charge in [-0.05, 0) is 12.1 Å². The summed E-state index contributed by atoms with van der Waals surface area (Å²) in [5.41, 5.74) is -1.73. The van der Waals surface area contributed by atoms with Crippen molar-refractivity contribution in [3.63, 3.8) is 0 Å². The van der Waals surface area contributed by atoms with Gasteiger partial charge in [-0.1, -0.05) is 24.3 Å². The lowest BCUT2D eigenvalue weighted by atomic mass is 9.97. The summed E-state index contributed by atoms with van der Waals surface area (Å²) in [5, 5.41) is 2.75. The molecule has 1 saturated heterocycles. The smallest absolute Gasteiger partial charge is 0.269 e. The van der Waals surface area contributed by atoms with E-state index in [1.54, 1.807) is 30.3 Å². The van der Waals surface area contributed by atoms with Crippen molar-refractivity contribution >= 4 is 11.8 Å². The van der Waals surface area contributed by atoms with Crippen LogP contribution < -0.4 is 5.32 Å². The maximum atomic E-state index is 14.4. The predicted octanol–water partition coefficient (Wildman–Crippen LogP) is 1.50. The fourth-order valence-electron chi connectivity index (χ4n) is 2.04. The van der Waals surface area contributed by atoms with Gasteiger partial charge in [0.1, 0.15) is 0 Å². The molecular weight excluding hydrogens is 247 g/mol. The predicted molar refractivity (Wildman–Crippen MR) is 69.1 cm³/mol. The number of rotatable bonds is 3. The van der Waals surface area contributed by atoms with Crippen molar-refractivity contribution in [2.75, 3.05) is 13.2 Å². The van der Waals surface area contributed by atoms with Gasteiger partial charge in [0.25, 0.3) is 11.8 Å². The minimum absolute atomic E-state index is 0.0232. The molecule has 1 N–H and O–H groups in total. The largest absolute Gasteiger partial charge is 0.296 e.